The third kappa shape index (κ3) is 6.77. The number of carbonyl (C=O) groups is 4. The molecular weight excluding hydrogens is 422 g/mol. The van der Waals surface area contributed by atoms with Crippen LogP contribution in [0, 0.1) is 0 Å². The Morgan fingerprint density at radius 2 is 1.48 bits per heavy atom. The minimum absolute atomic E-state index is 0.000999. The van der Waals surface area contributed by atoms with Crippen LogP contribution in [-0.2, 0) is 20.9 Å². The van der Waals surface area contributed by atoms with E-state index >= 15 is 0 Å². The smallest absolute Gasteiger partial charge is 0.408 e. The number of benzene rings is 2. The van der Waals surface area contributed by atoms with E-state index in [1.165, 1.54) is 38.9 Å². The van der Waals surface area contributed by atoms with E-state index in [0.29, 0.717) is 0 Å². The molecule has 0 unspecified atom stereocenters. The fraction of sp³-hybridized carbons (Fsp3) is 0.280. The second kappa shape index (κ2) is 11.6. The maximum Gasteiger partial charge on any atom is 0.408 e. The van der Waals surface area contributed by atoms with Crippen LogP contribution in [0.3, 0.4) is 0 Å². The lowest BCUT2D eigenvalue weighted by atomic mass is 9.81. The van der Waals surface area contributed by atoms with Gasteiger partial charge in [-0.05, 0) is 25.0 Å². The number of Topliss-reactive ketones (excluding diaryl/α,β-unsaturated/α-hetero) is 2. The molecule has 2 rings (SSSR count). The summed E-state index contributed by atoms with van der Waals surface area (Å²) in [5, 5.41) is 5.09. The third-order valence-corrected chi connectivity index (χ3v) is 5.05. The Hall–Kier alpha value is -3.94. The number of ketones is 2. The second-order valence-corrected chi connectivity index (χ2v) is 7.70. The lowest BCUT2D eigenvalue weighted by molar-refractivity contribution is -0.134. The topological polar surface area (TPSA) is 105 Å². The van der Waals surface area contributed by atoms with Gasteiger partial charge in [0.05, 0.1) is 6.04 Å². The van der Waals surface area contributed by atoms with E-state index in [-0.39, 0.29) is 6.61 Å². The summed E-state index contributed by atoms with van der Waals surface area (Å²) in [6, 6.07) is 16.4. The monoisotopic (exact) mass is 451 g/mol. The van der Waals surface area contributed by atoms with Crippen LogP contribution in [-0.4, -0.2) is 54.3 Å². The maximum atomic E-state index is 12.8. The molecule has 0 aliphatic carbocycles. The van der Waals surface area contributed by atoms with E-state index in [0.717, 1.165) is 11.1 Å². The molecule has 3 amide bonds. The molecule has 2 aromatic rings. The predicted molar refractivity (Wildman–Crippen MR) is 125 cm³/mol. The molecule has 0 heterocycles. The van der Waals surface area contributed by atoms with Crippen molar-refractivity contribution >= 4 is 29.8 Å². The Morgan fingerprint density at radius 3 is 2.00 bits per heavy atom. The van der Waals surface area contributed by atoms with Crippen LogP contribution in [0.25, 0.3) is 6.08 Å². The Labute approximate surface area is 193 Å². The van der Waals surface area contributed by atoms with E-state index in [1.54, 1.807) is 18.2 Å². The van der Waals surface area contributed by atoms with Gasteiger partial charge in [-0.15, -0.1) is 0 Å². The van der Waals surface area contributed by atoms with E-state index in [4.69, 9.17) is 4.74 Å². The van der Waals surface area contributed by atoms with E-state index in [9.17, 15) is 19.2 Å². The Kier molecular flexibility index (Phi) is 8.91. The van der Waals surface area contributed by atoms with Crippen LogP contribution in [0.5, 0.6) is 0 Å². The fourth-order valence-corrected chi connectivity index (χ4v) is 3.18. The molecule has 2 aromatic carbocycles. The number of urea groups is 1. The molecule has 33 heavy (non-hydrogen) atoms. The van der Waals surface area contributed by atoms with E-state index in [2.05, 4.69) is 10.6 Å². The van der Waals surface area contributed by atoms with Crippen molar-refractivity contribution in [1.29, 1.82) is 0 Å². The van der Waals surface area contributed by atoms with Gasteiger partial charge in [-0.2, -0.15) is 0 Å². The summed E-state index contributed by atoms with van der Waals surface area (Å²) in [6.07, 6.45) is 2.31. The Morgan fingerprint density at radius 1 is 0.939 bits per heavy atom. The molecule has 174 valence electrons. The van der Waals surface area contributed by atoms with Crippen molar-refractivity contribution in [3.63, 3.8) is 0 Å². The molecule has 0 aliphatic rings. The first-order valence-electron chi connectivity index (χ1n) is 10.4. The molecule has 8 nitrogen and oxygen atoms in total. The molecule has 8 heteroatoms. The highest BCUT2D eigenvalue weighted by molar-refractivity contribution is 6.13. The van der Waals surface area contributed by atoms with Gasteiger partial charge in [-0.25, -0.2) is 9.59 Å². The maximum absolute atomic E-state index is 12.8. The zero-order chi connectivity index (χ0) is 24.4. The molecule has 2 N–H and O–H groups in total. The van der Waals surface area contributed by atoms with Crippen LogP contribution in [0.4, 0.5) is 9.59 Å². The number of hydrogen-bond donors (Lipinski definition) is 2. The zero-order valence-electron chi connectivity index (χ0n) is 19.2. The molecular formula is C25H29N3O5. The highest BCUT2D eigenvalue weighted by atomic mass is 16.5. The number of nitrogens with one attached hydrogen (secondary N) is 2. The van der Waals surface area contributed by atoms with Crippen molar-refractivity contribution in [3.8, 4) is 0 Å². The third-order valence-electron chi connectivity index (χ3n) is 5.05. The molecule has 0 spiro atoms. The van der Waals surface area contributed by atoms with Crippen LogP contribution in [0.1, 0.15) is 25.0 Å². The lowest BCUT2D eigenvalue weighted by Gasteiger charge is -2.36. The molecule has 0 fully saturated rings. The predicted octanol–water partition coefficient (Wildman–Crippen LogP) is 3.18. The molecule has 0 saturated carbocycles. The number of nitrogens with zero attached hydrogens (tertiary/aromatic N) is 1. The summed E-state index contributed by atoms with van der Waals surface area (Å²) in [6.45, 7) is 2.38. The number of carbonyl (C=O) groups excluding carboxylic acids is 4. The van der Waals surface area contributed by atoms with Crippen molar-refractivity contribution in [3.05, 3.63) is 77.9 Å². The normalized spacial score (nSPS) is 12.0. The number of hydrogen-bond acceptors (Lipinski definition) is 5. The SMILES string of the molecule is CC(=O)C(NC(=O)N(C)C)(C(C)=O)[C@@H](/C=C/c1ccccc1)NC(=O)OCc1ccccc1. The zero-order valence-corrected chi connectivity index (χ0v) is 19.2. The van der Waals surface area contributed by atoms with Crippen LogP contribution >= 0.6 is 0 Å². The molecule has 0 radical (unpaired) electrons. The minimum Gasteiger partial charge on any atom is -0.445 e. The first-order valence-corrected chi connectivity index (χ1v) is 10.4. The van der Waals surface area contributed by atoms with Crippen LogP contribution in [0.2, 0.25) is 0 Å². The van der Waals surface area contributed by atoms with Crippen molar-refractivity contribution in [2.75, 3.05) is 14.1 Å². The number of rotatable bonds is 9. The van der Waals surface area contributed by atoms with Gasteiger partial charge in [0.1, 0.15) is 6.61 Å². The summed E-state index contributed by atoms with van der Waals surface area (Å²) in [5.74, 6) is -1.26. The van der Waals surface area contributed by atoms with Crippen LogP contribution in [0.15, 0.2) is 66.7 Å². The average Bonchev–Trinajstić information content (AvgIpc) is 2.79. The lowest BCUT2D eigenvalue weighted by Crippen LogP contribution is -2.70. The first kappa shape index (κ1) is 25.3. The van der Waals surface area contributed by atoms with Crippen molar-refractivity contribution in [2.24, 2.45) is 0 Å². The highest BCUT2D eigenvalue weighted by Gasteiger charge is 2.49. The molecule has 0 saturated heterocycles. The van der Waals surface area contributed by atoms with E-state index < -0.39 is 35.3 Å². The van der Waals surface area contributed by atoms with Crippen molar-refractivity contribution < 1.29 is 23.9 Å². The Bertz CT molecular complexity index is 989. The number of amides is 3. The first-order chi connectivity index (χ1) is 15.7. The standard InChI is InChI=1S/C25H29N3O5/c1-18(29)25(19(2)30,27-23(31)28(3)4)22(16-15-20-11-7-5-8-12-20)26-24(32)33-17-21-13-9-6-10-14-21/h5-16,22H,17H2,1-4H3,(H,26,32)(H,27,31)/b16-15+/t22-/m1/s1. The summed E-state index contributed by atoms with van der Waals surface area (Å²) >= 11 is 0. The van der Waals surface area contributed by atoms with Gasteiger partial charge in [-0.1, -0.05) is 72.8 Å². The van der Waals surface area contributed by atoms with Gasteiger partial charge in [0.15, 0.2) is 17.1 Å². The van der Waals surface area contributed by atoms with Gasteiger partial charge >= 0.3 is 12.1 Å². The van der Waals surface area contributed by atoms with Gasteiger partial charge in [-0.3, -0.25) is 9.59 Å². The van der Waals surface area contributed by atoms with Gasteiger partial charge < -0.3 is 20.3 Å². The Balaban J connectivity index is 2.39. The van der Waals surface area contributed by atoms with Gasteiger partial charge in [0.2, 0.25) is 0 Å². The van der Waals surface area contributed by atoms with Crippen LogP contribution < -0.4 is 10.6 Å². The summed E-state index contributed by atoms with van der Waals surface area (Å²) < 4.78 is 5.29. The average molecular weight is 452 g/mol. The van der Waals surface area contributed by atoms with Crippen molar-refractivity contribution in [1.82, 2.24) is 15.5 Å². The van der Waals surface area contributed by atoms with Gasteiger partial charge in [0.25, 0.3) is 0 Å². The van der Waals surface area contributed by atoms with E-state index in [1.807, 2.05) is 48.5 Å². The largest absolute Gasteiger partial charge is 0.445 e. The quantitative estimate of drug-likeness (QED) is 0.570. The summed E-state index contributed by atoms with van der Waals surface area (Å²) in [4.78, 5) is 51.9. The summed E-state index contributed by atoms with van der Waals surface area (Å²) in [7, 11) is 2.97. The summed E-state index contributed by atoms with van der Waals surface area (Å²) in [5.41, 5.74) is -0.477. The second-order valence-electron chi connectivity index (χ2n) is 7.70. The minimum atomic E-state index is -2.03. The molecule has 1 atom stereocenters. The highest BCUT2D eigenvalue weighted by Crippen LogP contribution is 2.19. The molecule has 0 aliphatic heterocycles. The van der Waals surface area contributed by atoms with Crippen molar-refractivity contribution in [2.45, 2.75) is 32.0 Å². The molecule has 0 aromatic heterocycles. The van der Waals surface area contributed by atoms with Gasteiger partial charge in [0, 0.05) is 14.1 Å². The number of ether oxygens (including phenoxy) is 1. The molecule has 0 bridgehead atoms. The fourth-order valence-electron chi connectivity index (χ4n) is 3.18. The number of alkyl carbamates (subject to hydrolysis) is 1.